The summed E-state index contributed by atoms with van der Waals surface area (Å²) >= 11 is 0. The molecule has 0 saturated heterocycles. The third kappa shape index (κ3) is 4.07. The number of carboxylic acid groups (broad SMARTS) is 1. The van der Waals surface area contributed by atoms with Crippen LogP contribution >= 0.6 is 0 Å². The van der Waals surface area contributed by atoms with Gasteiger partial charge >= 0.3 is 0 Å². The number of unbranched alkanes of at least 4 members (excludes halogenated alkanes) is 1. The molecule has 0 aromatic carbocycles. The van der Waals surface area contributed by atoms with Gasteiger partial charge in [0.25, 0.3) is 5.82 Å². The molecule has 0 spiro atoms. The molecule has 0 radical (unpaired) electrons. The molecule has 0 amide bonds. The monoisotopic (exact) mass is 198 g/mol. The Kier molecular flexibility index (Phi) is 6.45. The maximum absolute atomic E-state index is 8.25. The van der Waals surface area contributed by atoms with E-state index >= 15 is 0 Å². The van der Waals surface area contributed by atoms with Gasteiger partial charge in [-0.3, -0.25) is 0 Å². The SMILES string of the molecule is CCCCn1cc[n+](C)c1C.O=C[O-]. The molecule has 0 atom stereocenters. The molecule has 0 aliphatic carbocycles. The van der Waals surface area contributed by atoms with E-state index in [0.29, 0.717) is 0 Å². The molecule has 1 heterocycles. The van der Waals surface area contributed by atoms with Gasteiger partial charge in [0.05, 0.1) is 13.6 Å². The number of carbonyl (C=O) groups excluding carboxylic acids is 1. The molecule has 0 N–H and O–H groups in total. The molecule has 0 aliphatic heterocycles. The minimum atomic E-state index is -0.500. The molecular formula is C10H18N2O2. The van der Waals surface area contributed by atoms with Gasteiger partial charge in [0.2, 0.25) is 0 Å². The first kappa shape index (κ1) is 12.7. The van der Waals surface area contributed by atoms with Crippen molar-refractivity contribution in [2.24, 2.45) is 7.05 Å². The lowest BCUT2D eigenvalue weighted by Gasteiger charge is -1.95. The van der Waals surface area contributed by atoms with Crippen LogP contribution in [0.2, 0.25) is 0 Å². The summed E-state index contributed by atoms with van der Waals surface area (Å²) in [6.07, 6.45) is 6.78. The summed E-state index contributed by atoms with van der Waals surface area (Å²) in [7, 11) is 2.08. The van der Waals surface area contributed by atoms with Gasteiger partial charge < -0.3 is 9.90 Å². The Bertz CT molecular complexity index is 269. The van der Waals surface area contributed by atoms with Crippen LogP contribution in [0.1, 0.15) is 25.6 Å². The minimum absolute atomic E-state index is 0.500. The fraction of sp³-hybridized carbons (Fsp3) is 0.600. The molecule has 1 aromatic rings. The quantitative estimate of drug-likeness (QED) is 0.498. The Balaban J connectivity index is 0.000000500. The highest BCUT2D eigenvalue weighted by molar-refractivity contribution is 5.29. The summed E-state index contributed by atoms with van der Waals surface area (Å²) < 4.78 is 4.44. The lowest BCUT2D eigenvalue weighted by Crippen LogP contribution is -2.29. The Labute approximate surface area is 84.8 Å². The Morgan fingerprint density at radius 1 is 1.64 bits per heavy atom. The average molecular weight is 198 g/mol. The molecule has 14 heavy (non-hydrogen) atoms. The molecule has 1 aromatic heterocycles. The van der Waals surface area contributed by atoms with Crippen molar-refractivity contribution in [2.45, 2.75) is 33.2 Å². The largest absolute Gasteiger partial charge is 0.554 e. The number of nitrogens with zero attached hydrogens (tertiary/aromatic N) is 2. The number of hydrogen-bond donors (Lipinski definition) is 0. The van der Waals surface area contributed by atoms with Crippen molar-refractivity contribution in [1.29, 1.82) is 0 Å². The fourth-order valence-corrected chi connectivity index (χ4v) is 1.16. The van der Waals surface area contributed by atoms with E-state index in [0.717, 1.165) is 6.54 Å². The molecule has 0 saturated carbocycles. The van der Waals surface area contributed by atoms with E-state index in [-0.39, 0.29) is 0 Å². The van der Waals surface area contributed by atoms with Crippen molar-refractivity contribution in [3.63, 3.8) is 0 Å². The molecular weight excluding hydrogens is 180 g/mol. The minimum Gasteiger partial charge on any atom is -0.554 e. The maximum atomic E-state index is 8.25. The summed E-state index contributed by atoms with van der Waals surface area (Å²) in [4.78, 5) is 8.25. The van der Waals surface area contributed by atoms with Crippen molar-refractivity contribution < 1.29 is 14.5 Å². The van der Waals surface area contributed by atoms with E-state index in [1.807, 2.05) is 0 Å². The Hall–Kier alpha value is -1.32. The molecule has 80 valence electrons. The summed E-state index contributed by atoms with van der Waals surface area (Å²) in [6, 6.07) is 0. The highest BCUT2D eigenvalue weighted by Gasteiger charge is 2.06. The molecule has 4 nitrogen and oxygen atoms in total. The molecule has 0 fully saturated rings. The lowest BCUT2D eigenvalue weighted by molar-refractivity contribution is -0.677. The topological polar surface area (TPSA) is 48.9 Å². The summed E-state index contributed by atoms with van der Waals surface area (Å²) in [5.41, 5.74) is 0. The van der Waals surface area contributed by atoms with Crippen LogP contribution in [0.25, 0.3) is 0 Å². The zero-order valence-electron chi connectivity index (χ0n) is 9.06. The molecule has 0 aliphatic rings. The number of imidazole rings is 1. The van der Waals surface area contributed by atoms with E-state index in [9.17, 15) is 0 Å². The summed E-state index contributed by atoms with van der Waals surface area (Å²) in [6.45, 7) is 5.03. The zero-order valence-corrected chi connectivity index (χ0v) is 9.06. The summed E-state index contributed by atoms with van der Waals surface area (Å²) in [5.74, 6) is 1.33. The third-order valence-corrected chi connectivity index (χ3v) is 2.15. The molecule has 4 heteroatoms. The number of aryl methyl sites for hydroxylation is 2. The predicted octanol–water partition coefficient (Wildman–Crippen LogP) is -0.213. The van der Waals surface area contributed by atoms with Crippen molar-refractivity contribution in [3.8, 4) is 0 Å². The van der Waals surface area contributed by atoms with E-state index in [2.05, 4.69) is 42.4 Å². The second-order valence-corrected chi connectivity index (χ2v) is 3.10. The van der Waals surface area contributed by atoms with Crippen LogP contribution in [0.5, 0.6) is 0 Å². The van der Waals surface area contributed by atoms with E-state index in [1.54, 1.807) is 0 Å². The predicted molar refractivity (Wildman–Crippen MR) is 51.3 cm³/mol. The van der Waals surface area contributed by atoms with Crippen LogP contribution in [0.15, 0.2) is 12.4 Å². The Morgan fingerprint density at radius 2 is 2.21 bits per heavy atom. The van der Waals surface area contributed by atoms with Gasteiger partial charge in [-0.05, 0) is 6.42 Å². The van der Waals surface area contributed by atoms with E-state index in [4.69, 9.17) is 9.90 Å². The summed E-state index contributed by atoms with van der Waals surface area (Å²) in [5, 5.41) is 8.25. The normalized spacial score (nSPS) is 9.07. The number of carbonyl (C=O) groups is 1. The van der Waals surface area contributed by atoms with Gasteiger partial charge in [-0.1, -0.05) is 13.3 Å². The number of rotatable bonds is 3. The zero-order chi connectivity index (χ0) is 11.0. The lowest BCUT2D eigenvalue weighted by atomic mass is 10.3. The highest BCUT2D eigenvalue weighted by Crippen LogP contribution is 1.96. The first-order valence-corrected chi connectivity index (χ1v) is 4.74. The third-order valence-electron chi connectivity index (χ3n) is 2.15. The second-order valence-electron chi connectivity index (χ2n) is 3.10. The van der Waals surface area contributed by atoms with Crippen molar-refractivity contribution in [1.82, 2.24) is 4.57 Å². The molecule has 1 rings (SSSR count). The number of aromatic nitrogens is 2. The van der Waals surface area contributed by atoms with Crippen LogP contribution in [-0.4, -0.2) is 11.0 Å². The fourth-order valence-electron chi connectivity index (χ4n) is 1.16. The van der Waals surface area contributed by atoms with Crippen molar-refractivity contribution in [2.75, 3.05) is 0 Å². The van der Waals surface area contributed by atoms with Gasteiger partial charge in [-0.2, -0.15) is 0 Å². The van der Waals surface area contributed by atoms with Crippen LogP contribution in [0.4, 0.5) is 0 Å². The van der Waals surface area contributed by atoms with Crippen LogP contribution in [-0.2, 0) is 18.4 Å². The second kappa shape index (κ2) is 7.12. The van der Waals surface area contributed by atoms with Gasteiger partial charge in [0.15, 0.2) is 0 Å². The maximum Gasteiger partial charge on any atom is 0.253 e. The van der Waals surface area contributed by atoms with Gasteiger partial charge in [0.1, 0.15) is 12.4 Å². The molecule has 0 bridgehead atoms. The first-order valence-electron chi connectivity index (χ1n) is 4.74. The first-order chi connectivity index (χ1) is 6.67. The Morgan fingerprint density at radius 3 is 2.57 bits per heavy atom. The van der Waals surface area contributed by atoms with Crippen molar-refractivity contribution >= 4 is 6.47 Å². The van der Waals surface area contributed by atoms with E-state index in [1.165, 1.54) is 18.7 Å². The van der Waals surface area contributed by atoms with E-state index < -0.39 is 6.47 Å². The van der Waals surface area contributed by atoms with Crippen LogP contribution < -0.4 is 9.67 Å². The molecule has 0 unspecified atom stereocenters. The average Bonchev–Trinajstić information content (AvgIpc) is 2.47. The van der Waals surface area contributed by atoms with Gasteiger partial charge in [-0.15, -0.1) is 0 Å². The van der Waals surface area contributed by atoms with Crippen LogP contribution in [0, 0.1) is 6.92 Å². The number of hydrogen-bond acceptors (Lipinski definition) is 2. The highest BCUT2D eigenvalue weighted by atomic mass is 16.3. The smallest absolute Gasteiger partial charge is 0.253 e. The van der Waals surface area contributed by atoms with Gasteiger partial charge in [0, 0.05) is 13.4 Å². The van der Waals surface area contributed by atoms with Gasteiger partial charge in [-0.25, -0.2) is 9.13 Å². The standard InChI is InChI=1S/C9H17N2.CH2O2/c1-4-5-6-11-8-7-10(3)9(11)2;2-1-3/h7-8H,4-6H2,1-3H3;1H,(H,2,3)/q+1;/p-1. The van der Waals surface area contributed by atoms with Crippen molar-refractivity contribution in [3.05, 3.63) is 18.2 Å². The van der Waals surface area contributed by atoms with Crippen LogP contribution in [0.3, 0.4) is 0 Å².